The fourth-order valence-electron chi connectivity index (χ4n) is 1.70. The van der Waals surface area contributed by atoms with Crippen LogP contribution in [0.1, 0.15) is 16.2 Å². The van der Waals surface area contributed by atoms with Crippen LogP contribution in [0.25, 0.3) is 11.2 Å². The van der Waals surface area contributed by atoms with Crippen LogP contribution in [0.5, 0.6) is 0 Å². The van der Waals surface area contributed by atoms with E-state index in [1.807, 2.05) is 0 Å². The van der Waals surface area contributed by atoms with Crippen molar-refractivity contribution in [2.45, 2.75) is 6.54 Å². The number of carbonyl (C=O) groups excluding carboxylic acids is 1. The van der Waals surface area contributed by atoms with Gasteiger partial charge in [-0.05, 0) is 18.2 Å². The van der Waals surface area contributed by atoms with Gasteiger partial charge in [-0.1, -0.05) is 11.6 Å². The first-order chi connectivity index (χ1) is 9.74. The van der Waals surface area contributed by atoms with Crippen LogP contribution >= 0.6 is 11.6 Å². The number of carbonyl (C=O) groups is 1. The molecule has 0 unspecified atom stereocenters. The Kier molecular flexibility index (Phi) is 3.30. The molecule has 0 aliphatic rings. The number of rotatable bonds is 3. The van der Waals surface area contributed by atoms with E-state index in [1.165, 1.54) is 12.4 Å². The maximum absolute atomic E-state index is 11.9. The molecule has 20 heavy (non-hydrogen) atoms. The Morgan fingerprint density at radius 3 is 3.05 bits per heavy atom. The average molecular weight is 289 g/mol. The number of nitrogens with zero attached hydrogens (tertiary/aromatic N) is 3. The maximum atomic E-state index is 11.9. The quantitative estimate of drug-likeness (QED) is 0.799. The minimum Gasteiger partial charge on any atom is -0.437 e. The second-order valence-electron chi connectivity index (χ2n) is 3.97. The number of halogens is 1. The van der Waals surface area contributed by atoms with Gasteiger partial charge in [-0.15, -0.1) is 0 Å². The van der Waals surface area contributed by atoms with Crippen LogP contribution in [-0.4, -0.2) is 20.9 Å². The van der Waals surface area contributed by atoms with Gasteiger partial charge in [0.2, 0.25) is 5.89 Å². The van der Waals surface area contributed by atoms with Gasteiger partial charge in [-0.2, -0.15) is 4.98 Å². The molecule has 3 rings (SSSR count). The molecule has 0 bridgehead atoms. The molecule has 3 aromatic rings. The van der Waals surface area contributed by atoms with Gasteiger partial charge in [0.15, 0.2) is 11.2 Å². The topological polar surface area (TPSA) is 80.9 Å². The third kappa shape index (κ3) is 2.46. The molecule has 7 heteroatoms. The van der Waals surface area contributed by atoms with Crippen LogP contribution in [0.3, 0.4) is 0 Å². The van der Waals surface area contributed by atoms with Crippen molar-refractivity contribution in [2.24, 2.45) is 0 Å². The summed E-state index contributed by atoms with van der Waals surface area (Å²) >= 11 is 5.89. The van der Waals surface area contributed by atoms with E-state index in [9.17, 15) is 4.79 Å². The van der Waals surface area contributed by atoms with Crippen molar-refractivity contribution in [2.75, 3.05) is 0 Å². The summed E-state index contributed by atoms with van der Waals surface area (Å²) in [5, 5.41) is 2.98. The van der Waals surface area contributed by atoms with Crippen molar-refractivity contribution in [1.29, 1.82) is 0 Å². The van der Waals surface area contributed by atoms with Crippen LogP contribution in [-0.2, 0) is 6.54 Å². The molecule has 0 saturated carbocycles. The molecule has 1 amide bonds. The highest BCUT2D eigenvalue weighted by molar-refractivity contribution is 6.33. The summed E-state index contributed by atoms with van der Waals surface area (Å²) in [6.07, 6.45) is 4.55. The maximum Gasteiger partial charge on any atom is 0.253 e. The lowest BCUT2D eigenvalue weighted by molar-refractivity contribution is 0.0947. The summed E-state index contributed by atoms with van der Waals surface area (Å²) in [4.78, 5) is 24.0. The third-order valence-electron chi connectivity index (χ3n) is 2.63. The van der Waals surface area contributed by atoms with Crippen LogP contribution in [0, 0.1) is 0 Å². The monoisotopic (exact) mass is 288 g/mol. The molecule has 0 aliphatic heterocycles. The SMILES string of the molecule is O=C(NCc1nc2ncccc2o1)c1ccncc1Cl. The molecular weight excluding hydrogens is 280 g/mol. The fraction of sp³-hybridized carbons (Fsp3) is 0.0769. The Labute approximate surface area is 118 Å². The number of fused-ring (bicyclic) bond motifs is 1. The zero-order valence-corrected chi connectivity index (χ0v) is 11.0. The first-order valence-corrected chi connectivity index (χ1v) is 6.20. The zero-order valence-electron chi connectivity index (χ0n) is 10.2. The normalized spacial score (nSPS) is 10.7. The van der Waals surface area contributed by atoms with Crippen LogP contribution in [0.15, 0.2) is 41.2 Å². The van der Waals surface area contributed by atoms with Gasteiger partial charge in [0.1, 0.15) is 0 Å². The molecule has 3 aromatic heterocycles. The molecule has 0 aliphatic carbocycles. The number of amides is 1. The van der Waals surface area contributed by atoms with Crippen LogP contribution < -0.4 is 5.32 Å². The highest BCUT2D eigenvalue weighted by Crippen LogP contribution is 2.14. The van der Waals surface area contributed by atoms with E-state index in [-0.39, 0.29) is 12.5 Å². The summed E-state index contributed by atoms with van der Waals surface area (Å²) in [5.74, 6) is 0.0739. The predicted octanol–water partition coefficient (Wildman–Crippen LogP) is 2.20. The summed E-state index contributed by atoms with van der Waals surface area (Å²) < 4.78 is 5.45. The van der Waals surface area contributed by atoms with Gasteiger partial charge < -0.3 is 9.73 Å². The lowest BCUT2D eigenvalue weighted by Crippen LogP contribution is -2.23. The lowest BCUT2D eigenvalue weighted by atomic mass is 10.2. The molecule has 6 nitrogen and oxygen atoms in total. The average Bonchev–Trinajstić information content (AvgIpc) is 2.88. The summed E-state index contributed by atoms with van der Waals surface area (Å²) in [5.41, 5.74) is 1.45. The lowest BCUT2D eigenvalue weighted by Gasteiger charge is -2.03. The summed E-state index contributed by atoms with van der Waals surface area (Å²) in [7, 11) is 0. The van der Waals surface area contributed by atoms with Crippen molar-refractivity contribution >= 4 is 28.7 Å². The number of oxazole rings is 1. The minimum atomic E-state index is -0.312. The van der Waals surface area contributed by atoms with E-state index in [0.29, 0.717) is 27.7 Å². The number of aromatic nitrogens is 3. The van der Waals surface area contributed by atoms with E-state index in [1.54, 1.807) is 24.4 Å². The van der Waals surface area contributed by atoms with Crippen LogP contribution in [0.2, 0.25) is 5.02 Å². The van der Waals surface area contributed by atoms with E-state index in [2.05, 4.69) is 20.3 Å². The third-order valence-corrected chi connectivity index (χ3v) is 2.93. The molecular formula is C13H9ClN4O2. The number of hydrogen-bond acceptors (Lipinski definition) is 5. The summed E-state index contributed by atoms with van der Waals surface area (Å²) in [6.45, 7) is 0.161. The molecule has 1 N–H and O–H groups in total. The molecule has 0 spiro atoms. The van der Waals surface area contributed by atoms with E-state index in [0.717, 1.165) is 0 Å². The Morgan fingerprint density at radius 1 is 1.35 bits per heavy atom. The van der Waals surface area contributed by atoms with Crippen molar-refractivity contribution in [1.82, 2.24) is 20.3 Å². The van der Waals surface area contributed by atoms with Crippen molar-refractivity contribution in [3.05, 3.63) is 53.3 Å². The van der Waals surface area contributed by atoms with Gasteiger partial charge >= 0.3 is 0 Å². The van der Waals surface area contributed by atoms with Gasteiger partial charge in [-0.25, -0.2) is 4.98 Å². The molecule has 100 valence electrons. The Balaban J connectivity index is 1.73. The van der Waals surface area contributed by atoms with E-state index >= 15 is 0 Å². The molecule has 0 saturated heterocycles. The molecule has 0 fully saturated rings. The predicted molar refractivity (Wildman–Crippen MR) is 72.2 cm³/mol. The largest absolute Gasteiger partial charge is 0.437 e. The first-order valence-electron chi connectivity index (χ1n) is 5.82. The number of hydrogen-bond donors (Lipinski definition) is 1. The van der Waals surface area contributed by atoms with Gasteiger partial charge in [0.25, 0.3) is 5.91 Å². The standard InChI is InChI=1S/C13H9ClN4O2/c14-9-6-15-5-3-8(9)13(19)17-7-11-18-12-10(20-11)2-1-4-16-12/h1-6H,7H2,(H,17,19). The van der Waals surface area contributed by atoms with E-state index in [4.69, 9.17) is 16.0 Å². The van der Waals surface area contributed by atoms with Gasteiger partial charge in [0.05, 0.1) is 17.1 Å². The molecule has 0 aromatic carbocycles. The Bertz CT molecular complexity index is 739. The van der Waals surface area contributed by atoms with Crippen molar-refractivity contribution < 1.29 is 9.21 Å². The van der Waals surface area contributed by atoms with Gasteiger partial charge in [0, 0.05) is 18.6 Å². The van der Waals surface area contributed by atoms with Gasteiger partial charge in [-0.3, -0.25) is 9.78 Å². The van der Waals surface area contributed by atoms with Crippen LogP contribution in [0.4, 0.5) is 0 Å². The summed E-state index contributed by atoms with van der Waals surface area (Å²) in [6, 6.07) is 5.07. The molecule has 0 atom stereocenters. The zero-order chi connectivity index (χ0) is 13.9. The second-order valence-corrected chi connectivity index (χ2v) is 4.38. The highest BCUT2D eigenvalue weighted by atomic mass is 35.5. The molecule has 3 heterocycles. The second kappa shape index (κ2) is 5.26. The highest BCUT2D eigenvalue weighted by Gasteiger charge is 2.12. The molecule has 0 radical (unpaired) electrons. The Hall–Kier alpha value is -2.47. The smallest absolute Gasteiger partial charge is 0.253 e. The fourth-order valence-corrected chi connectivity index (χ4v) is 1.90. The first kappa shape index (κ1) is 12.6. The van der Waals surface area contributed by atoms with Crippen molar-refractivity contribution in [3.8, 4) is 0 Å². The Morgan fingerprint density at radius 2 is 2.25 bits per heavy atom. The van der Waals surface area contributed by atoms with Crippen molar-refractivity contribution in [3.63, 3.8) is 0 Å². The number of nitrogens with one attached hydrogen (secondary N) is 1. The van der Waals surface area contributed by atoms with E-state index < -0.39 is 0 Å². The minimum absolute atomic E-state index is 0.161. The number of pyridine rings is 2.